The molecule has 0 radical (unpaired) electrons. The second-order valence-electron chi connectivity index (χ2n) is 5.72. The molecule has 1 unspecified atom stereocenters. The molecule has 0 bridgehead atoms. The van der Waals surface area contributed by atoms with E-state index in [-0.39, 0.29) is 23.6 Å². The van der Waals surface area contributed by atoms with E-state index in [1.807, 2.05) is 0 Å². The Kier molecular flexibility index (Phi) is 5.31. The zero-order chi connectivity index (χ0) is 14.9. The van der Waals surface area contributed by atoms with Crippen LogP contribution < -0.4 is 10.6 Å². The van der Waals surface area contributed by atoms with Gasteiger partial charge in [0.2, 0.25) is 5.91 Å². The molecule has 122 valence electrons. The summed E-state index contributed by atoms with van der Waals surface area (Å²) < 4.78 is 0. The van der Waals surface area contributed by atoms with Crippen LogP contribution in [0.15, 0.2) is 29.6 Å². The highest BCUT2D eigenvalue weighted by Crippen LogP contribution is 2.39. The Hall–Kier alpha value is -1.01. The molecule has 3 heterocycles. The summed E-state index contributed by atoms with van der Waals surface area (Å²) >= 11 is 3.53. The minimum atomic E-state index is -0.0360. The minimum Gasteiger partial charge on any atom is -0.351 e. The predicted octanol–water partition coefficient (Wildman–Crippen LogP) is 3.42. The predicted molar refractivity (Wildman–Crippen MR) is 99.3 cm³/mol. The molecule has 0 aliphatic carbocycles. The van der Waals surface area contributed by atoms with Gasteiger partial charge in [-0.2, -0.15) is 0 Å². The van der Waals surface area contributed by atoms with Crippen LogP contribution in [0.3, 0.4) is 0 Å². The lowest BCUT2D eigenvalue weighted by atomic mass is 10.1. The number of nitrogens with one attached hydrogen (secondary N) is 2. The first-order valence-electron chi connectivity index (χ1n) is 7.58. The van der Waals surface area contributed by atoms with Crippen LogP contribution in [-0.2, 0) is 30.8 Å². The van der Waals surface area contributed by atoms with E-state index in [1.165, 1.54) is 27.1 Å². The third-order valence-corrected chi connectivity index (χ3v) is 6.52. The monoisotopic (exact) mass is 366 g/mol. The lowest BCUT2D eigenvalue weighted by Crippen LogP contribution is -2.29. The number of fused-ring (bicyclic) bond motifs is 2. The molecule has 2 aliphatic heterocycles. The molecule has 0 saturated heterocycles. The highest BCUT2D eigenvalue weighted by Gasteiger charge is 2.27. The summed E-state index contributed by atoms with van der Waals surface area (Å²) in [5.74, 6) is 1.18. The van der Waals surface area contributed by atoms with Crippen LogP contribution in [0.1, 0.15) is 32.4 Å². The number of rotatable bonds is 3. The maximum Gasteiger partial charge on any atom is 0.237 e. The maximum atomic E-state index is 12.5. The SMILES string of the molecule is Cl.O=C(NCc1ccc2c(c1)CNC2)C1SCCc2sccc21. The molecule has 0 fully saturated rings. The molecule has 6 heteroatoms. The third kappa shape index (κ3) is 3.43. The summed E-state index contributed by atoms with van der Waals surface area (Å²) in [6, 6.07) is 8.61. The third-order valence-electron chi connectivity index (χ3n) is 4.28. The second kappa shape index (κ2) is 7.26. The first-order chi connectivity index (χ1) is 10.8. The number of aryl methyl sites for hydroxylation is 1. The van der Waals surface area contributed by atoms with Crippen molar-refractivity contribution in [3.63, 3.8) is 0 Å². The Labute approximate surface area is 150 Å². The molecule has 1 aromatic heterocycles. The maximum absolute atomic E-state index is 12.5. The molecule has 4 rings (SSSR count). The van der Waals surface area contributed by atoms with Crippen molar-refractivity contribution in [2.24, 2.45) is 0 Å². The van der Waals surface area contributed by atoms with Crippen LogP contribution in [0.2, 0.25) is 0 Å². The quantitative estimate of drug-likeness (QED) is 0.874. The van der Waals surface area contributed by atoms with Crippen LogP contribution in [0.5, 0.6) is 0 Å². The number of halogens is 1. The first-order valence-corrected chi connectivity index (χ1v) is 9.51. The van der Waals surface area contributed by atoms with Crippen molar-refractivity contribution in [1.82, 2.24) is 10.6 Å². The number of carbonyl (C=O) groups excluding carboxylic acids is 1. The van der Waals surface area contributed by atoms with Gasteiger partial charge in [0, 0.05) is 24.5 Å². The molecule has 0 saturated carbocycles. The number of benzene rings is 1. The van der Waals surface area contributed by atoms with Crippen LogP contribution in [-0.4, -0.2) is 11.7 Å². The minimum absolute atomic E-state index is 0. The molecule has 2 aromatic rings. The highest BCUT2D eigenvalue weighted by molar-refractivity contribution is 8.00. The van der Waals surface area contributed by atoms with Crippen LogP contribution in [0, 0.1) is 0 Å². The number of amides is 1. The van der Waals surface area contributed by atoms with Gasteiger partial charge in [-0.1, -0.05) is 18.2 Å². The topological polar surface area (TPSA) is 41.1 Å². The number of hydrogen-bond acceptors (Lipinski definition) is 4. The summed E-state index contributed by atoms with van der Waals surface area (Å²) in [5, 5.41) is 8.53. The summed E-state index contributed by atoms with van der Waals surface area (Å²) in [4.78, 5) is 13.9. The summed E-state index contributed by atoms with van der Waals surface area (Å²) in [6.07, 6.45) is 1.10. The van der Waals surface area contributed by atoms with Gasteiger partial charge in [-0.25, -0.2) is 0 Å². The highest BCUT2D eigenvalue weighted by atomic mass is 35.5. The molecule has 23 heavy (non-hydrogen) atoms. The number of hydrogen-bond donors (Lipinski definition) is 2. The largest absolute Gasteiger partial charge is 0.351 e. The van der Waals surface area contributed by atoms with E-state index in [0.29, 0.717) is 6.54 Å². The Balaban J connectivity index is 0.00000156. The van der Waals surface area contributed by atoms with Gasteiger partial charge in [-0.15, -0.1) is 35.5 Å². The van der Waals surface area contributed by atoms with Crippen molar-refractivity contribution in [3.8, 4) is 0 Å². The number of thioether (sulfide) groups is 1. The van der Waals surface area contributed by atoms with E-state index >= 15 is 0 Å². The Morgan fingerprint density at radius 2 is 2.13 bits per heavy atom. The average Bonchev–Trinajstić information content (AvgIpc) is 3.20. The smallest absolute Gasteiger partial charge is 0.237 e. The lowest BCUT2D eigenvalue weighted by Gasteiger charge is -2.21. The summed E-state index contributed by atoms with van der Waals surface area (Å²) in [6.45, 7) is 2.51. The zero-order valence-electron chi connectivity index (χ0n) is 12.6. The Bertz CT molecular complexity index is 716. The zero-order valence-corrected chi connectivity index (χ0v) is 15.1. The second-order valence-corrected chi connectivity index (χ2v) is 7.94. The van der Waals surface area contributed by atoms with Gasteiger partial charge in [-0.3, -0.25) is 4.79 Å². The molecular formula is C17H19ClN2OS2. The van der Waals surface area contributed by atoms with Crippen molar-refractivity contribution in [2.45, 2.75) is 31.3 Å². The fourth-order valence-corrected chi connectivity index (χ4v) is 5.42. The van der Waals surface area contributed by atoms with E-state index in [1.54, 1.807) is 23.1 Å². The van der Waals surface area contributed by atoms with Gasteiger partial charge in [0.25, 0.3) is 0 Å². The van der Waals surface area contributed by atoms with Gasteiger partial charge in [0.05, 0.1) is 0 Å². The van der Waals surface area contributed by atoms with Crippen LogP contribution in [0.25, 0.3) is 0 Å². The fraction of sp³-hybridized carbons (Fsp3) is 0.353. The van der Waals surface area contributed by atoms with Gasteiger partial charge in [0.1, 0.15) is 5.25 Å². The van der Waals surface area contributed by atoms with Crippen molar-refractivity contribution in [1.29, 1.82) is 0 Å². The average molecular weight is 367 g/mol. The molecule has 1 aromatic carbocycles. The van der Waals surface area contributed by atoms with Crippen molar-refractivity contribution in [2.75, 3.05) is 5.75 Å². The van der Waals surface area contributed by atoms with Crippen molar-refractivity contribution in [3.05, 3.63) is 56.8 Å². The number of thiophene rings is 1. The van der Waals surface area contributed by atoms with E-state index in [2.05, 4.69) is 40.3 Å². The summed E-state index contributed by atoms with van der Waals surface area (Å²) in [5.41, 5.74) is 5.14. The normalized spacial score (nSPS) is 18.7. The molecule has 1 amide bonds. The Morgan fingerprint density at radius 3 is 3.04 bits per heavy atom. The van der Waals surface area contributed by atoms with Crippen molar-refractivity contribution >= 4 is 41.4 Å². The molecule has 2 aliphatic rings. The van der Waals surface area contributed by atoms with Gasteiger partial charge in [0.15, 0.2) is 0 Å². The molecule has 0 spiro atoms. The standard InChI is InChI=1S/C17H18N2OS2.ClH/c20-17(16-14-3-5-21-15(14)4-6-22-16)19-8-11-1-2-12-9-18-10-13(12)7-11;/h1-3,5,7,16,18H,4,6,8-10H2,(H,19,20);1H. The van der Waals surface area contributed by atoms with E-state index in [0.717, 1.165) is 25.3 Å². The first kappa shape index (κ1) is 16.8. The molecular weight excluding hydrogens is 348 g/mol. The Morgan fingerprint density at radius 1 is 1.26 bits per heavy atom. The summed E-state index contributed by atoms with van der Waals surface area (Å²) in [7, 11) is 0. The fourth-order valence-electron chi connectivity index (χ4n) is 3.10. The van der Waals surface area contributed by atoms with Gasteiger partial charge in [-0.05, 0) is 45.9 Å². The van der Waals surface area contributed by atoms with E-state index in [9.17, 15) is 4.79 Å². The molecule has 3 nitrogen and oxygen atoms in total. The van der Waals surface area contributed by atoms with Crippen LogP contribution >= 0.6 is 35.5 Å². The van der Waals surface area contributed by atoms with Crippen LogP contribution in [0.4, 0.5) is 0 Å². The van der Waals surface area contributed by atoms with Gasteiger partial charge < -0.3 is 10.6 Å². The molecule has 1 atom stereocenters. The van der Waals surface area contributed by atoms with Gasteiger partial charge >= 0.3 is 0 Å². The van der Waals surface area contributed by atoms with Crippen molar-refractivity contribution < 1.29 is 4.79 Å². The number of carbonyl (C=O) groups is 1. The lowest BCUT2D eigenvalue weighted by molar-refractivity contribution is -0.120. The van der Waals surface area contributed by atoms with E-state index in [4.69, 9.17) is 0 Å². The van der Waals surface area contributed by atoms with E-state index < -0.39 is 0 Å². The molecule has 2 N–H and O–H groups in total.